The van der Waals surface area contributed by atoms with E-state index in [1.165, 1.54) is 7.11 Å². The van der Waals surface area contributed by atoms with Crippen LogP contribution < -0.4 is 10.4 Å². The summed E-state index contributed by atoms with van der Waals surface area (Å²) in [5.41, 5.74) is 2.04. The zero-order valence-corrected chi connectivity index (χ0v) is 8.60. The van der Waals surface area contributed by atoms with Gasteiger partial charge in [0.25, 0.3) is 0 Å². The van der Waals surface area contributed by atoms with E-state index in [1.807, 2.05) is 18.2 Å². The number of carbonyl (C=O) groups excluding carboxylic acids is 1. The standard InChI is InChI=1S/C12H8N2O2/c1-16-12(15)11-6-8-7-4-5-13-9(7)2-3-10(8)14-11/h2-6H,1H3. The number of hydrogen-bond donors (Lipinski definition) is 0. The van der Waals surface area contributed by atoms with Gasteiger partial charge in [0, 0.05) is 16.7 Å². The first kappa shape index (κ1) is 9.03. The van der Waals surface area contributed by atoms with Gasteiger partial charge in [-0.05, 0) is 24.3 Å². The van der Waals surface area contributed by atoms with E-state index >= 15 is 0 Å². The Hall–Kier alpha value is -2.23. The number of hydrogen-bond acceptors (Lipinski definition) is 4. The summed E-state index contributed by atoms with van der Waals surface area (Å²) < 4.78 is 4.64. The first-order valence-electron chi connectivity index (χ1n) is 4.86. The Balaban J connectivity index is 2.23. The van der Waals surface area contributed by atoms with Crippen LogP contribution in [0.1, 0.15) is 0 Å². The lowest BCUT2D eigenvalue weighted by Gasteiger charge is -1.93. The molecule has 1 aromatic rings. The fraction of sp³-hybridized carbons (Fsp3) is 0.0833. The number of ether oxygens (including phenoxy) is 1. The monoisotopic (exact) mass is 212 g/mol. The Morgan fingerprint density at radius 2 is 2.06 bits per heavy atom. The lowest BCUT2D eigenvalue weighted by atomic mass is 10.2. The van der Waals surface area contributed by atoms with Gasteiger partial charge in [-0.1, -0.05) is 0 Å². The van der Waals surface area contributed by atoms with E-state index < -0.39 is 5.97 Å². The van der Waals surface area contributed by atoms with E-state index in [0.717, 1.165) is 21.8 Å². The van der Waals surface area contributed by atoms with Crippen LogP contribution in [0.25, 0.3) is 12.2 Å². The van der Waals surface area contributed by atoms with Crippen LogP contribution in [-0.2, 0) is 9.53 Å². The van der Waals surface area contributed by atoms with Gasteiger partial charge >= 0.3 is 5.97 Å². The van der Waals surface area contributed by atoms with Crippen molar-refractivity contribution in [1.29, 1.82) is 0 Å². The highest BCUT2D eigenvalue weighted by atomic mass is 16.5. The lowest BCUT2D eigenvalue weighted by Crippen LogP contribution is -2.23. The molecule has 0 radical (unpaired) electrons. The van der Waals surface area contributed by atoms with Crippen LogP contribution in [0, 0.1) is 0 Å². The summed E-state index contributed by atoms with van der Waals surface area (Å²) >= 11 is 0. The molecule has 0 saturated carbocycles. The van der Waals surface area contributed by atoms with Crippen molar-refractivity contribution in [3.8, 4) is 0 Å². The second kappa shape index (κ2) is 3.13. The zero-order valence-electron chi connectivity index (χ0n) is 8.60. The zero-order chi connectivity index (χ0) is 11.1. The minimum atomic E-state index is -0.413. The molecule has 0 aromatic heterocycles. The molecule has 16 heavy (non-hydrogen) atoms. The van der Waals surface area contributed by atoms with Gasteiger partial charge in [-0.2, -0.15) is 0 Å². The molecule has 2 aliphatic heterocycles. The SMILES string of the molecule is COC(=O)C1=Nc2ccc3c(c2=C1)=CC=N3. The molecule has 0 amide bonds. The molecule has 0 aliphatic carbocycles. The molecule has 0 fully saturated rings. The summed E-state index contributed by atoms with van der Waals surface area (Å²) in [6.07, 6.45) is 5.40. The molecule has 3 rings (SSSR count). The molecule has 0 bridgehead atoms. The first-order valence-corrected chi connectivity index (χ1v) is 4.86. The number of benzene rings is 1. The van der Waals surface area contributed by atoms with Crippen molar-refractivity contribution in [2.45, 2.75) is 0 Å². The van der Waals surface area contributed by atoms with Gasteiger partial charge in [-0.15, -0.1) is 0 Å². The summed E-state index contributed by atoms with van der Waals surface area (Å²) in [5, 5.41) is 1.95. The van der Waals surface area contributed by atoms with Crippen molar-refractivity contribution < 1.29 is 9.53 Å². The topological polar surface area (TPSA) is 51.0 Å². The van der Waals surface area contributed by atoms with Crippen molar-refractivity contribution in [3.63, 3.8) is 0 Å². The molecule has 4 nitrogen and oxygen atoms in total. The van der Waals surface area contributed by atoms with Gasteiger partial charge in [0.15, 0.2) is 0 Å². The van der Waals surface area contributed by atoms with E-state index in [0.29, 0.717) is 5.71 Å². The minimum Gasteiger partial charge on any atom is -0.464 e. The number of methoxy groups -OCH3 is 1. The van der Waals surface area contributed by atoms with Crippen LogP contribution in [0.2, 0.25) is 0 Å². The van der Waals surface area contributed by atoms with Crippen molar-refractivity contribution in [2.75, 3.05) is 7.11 Å². The molecule has 1 aromatic carbocycles. The fourth-order valence-corrected chi connectivity index (χ4v) is 1.85. The molecule has 2 aliphatic rings. The molecule has 0 spiro atoms. The highest BCUT2D eigenvalue weighted by molar-refractivity contribution is 6.49. The highest BCUT2D eigenvalue weighted by Crippen LogP contribution is 2.15. The number of aliphatic imine (C=N–C) groups is 2. The Bertz CT molecular complexity index is 669. The summed E-state index contributed by atoms with van der Waals surface area (Å²) in [7, 11) is 1.35. The quantitative estimate of drug-likeness (QED) is 0.625. The summed E-state index contributed by atoms with van der Waals surface area (Å²) in [4.78, 5) is 19.8. The Kier molecular flexibility index (Phi) is 1.77. The minimum absolute atomic E-state index is 0.339. The molecule has 0 N–H and O–H groups in total. The summed E-state index contributed by atoms with van der Waals surface area (Å²) in [6, 6.07) is 3.75. The largest absolute Gasteiger partial charge is 0.464 e. The van der Waals surface area contributed by atoms with Crippen LogP contribution in [0.3, 0.4) is 0 Å². The Morgan fingerprint density at radius 3 is 2.88 bits per heavy atom. The average Bonchev–Trinajstić information content (AvgIpc) is 2.92. The van der Waals surface area contributed by atoms with Crippen LogP contribution in [0.15, 0.2) is 22.1 Å². The average molecular weight is 212 g/mol. The summed E-state index contributed by atoms with van der Waals surface area (Å²) in [6.45, 7) is 0. The van der Waals surface area contributed by atoms with Crippen molar-refractivity contribution in [3.05, 3.63) is 22.6 Å². The van der Waals surface area contributed by atoms with E-state index in [2.05, 4.69) is 14.7 Å². The second-order valence-corrected chi connectivity index (χ2v) is 3.51. The molecular formula is C12H8N2O2. The van der Waals surface area contributed by atoms with Crippen molar-refractivity contribution in [1.82, 2.24) is 0 Å². The molecule has 2 heterocycles. The maximum Gasteiger partial charge on any atom is 0.356 e. The first-order chi connectivity index (χ1) is 7.79. The third-order valence-corrected chi connectivity index (χ3v) is 2.61. The Labute approximate surface area is 91.3 Å². The predicted molar refractivity (Wildman–Crippen MR) is 61.9 cm³/mol. The van der Waals surface area contributed by atoms with E-state index in [4.69, 9.17) is 0 Å². The normalized spacial score (nSPS) is 14.7. The van der Waals surface area contributed by atoms with Crippen molar-refractivity contribution >= 4 is 41.4 Å². The maximum absolute atomic E-state index is 11.4. The molecule has 0 atom stereocenters. The highest BCUT2D eigenvalue weighted by Gasteiger charge is 2.16. The Morgan fingerprint density at radius 1 is 1.25 bits per heavy atom. The lowest BCUT2D eigenvalue weighted by molar-refractivity contribution is -0.132. The number of carbonyl (C=O) groups is 1. The smallest absolute Gasteiger partial charge is 0.356 e. The molecular weight excluding hydrogens is 204 g/mol. The van der Waals surface area contributed by atoms with E-state index in [-0.39, 0.29) is 0 Å². The van der Waals surface area contributed by atoms with Crippen LogP contribution in [0.4, 0.5) is 11.4 Å². The number of nitrogens with zero attached hydrogens (tertiary/aromatic N) is 2. The van der Waals surface area contributed by atoms with Gasteiger partial charge in [-0.3, -0.25) is 4.99 Å². The van der Waals surface area contributed by atoms with E-state index in [9.17, 15) is 4.79 Å². The molecule has 4 heteroatoms. The predicted octanol–water partition coefficient (Wildman–Crippen LogP) is 0.223. The fourth-order valence-electron chi connectivity index (χ4n) is 1.85. The molecule has 0 saturated heterocycles. The maximum atomic E-state index is 11.4. The number of rotatable bonds is 1. The molecule has 0 unspecified atom stereocenters. The van der Waals surface area contributed by atoms with Crippen LogP contribution in [-0.4, -0.2) is 25.0 Å². The van der Waals surface area contributed by atoms with Gasteiger partial charge < -0.3 is 4.74 Å². The molecule has 78 valence electrons. The van der Waals surface area contributed by atoms with Gasteiger partial charge in [0.2, 0.25) is 0 Å². The second-order valence-electron chi connectivity index (χ2n) is 3.51. The number of esters is 1. The van der Waals surface area contributed by atoms with Crippen molar-refractivity contribution in [2.24, 2.45) is 9.98 Å². The third kappa shape index (κ3) is 1.13. The van der Waals surface area contributed by atoms with E-state index in [1.54, 1.807) is 12.3 Å². The van der Waals surface area contributed by atoms with Gasteiger partial charge in [-0.25, -0.2) is 9.79 Å². The van der Waals surface area contributed by atoms with Crippen LogP contribution in [0.5, 0.6) is 0 Å². The summed E-state index contributed by atoms with van der Waals surface area (Å²) in [5.74, 6) is -0.413. The van der Waals surface area contributed by atoms with Gasteiger partial charge in [0.1, 0.15) is 5.71 Å². The van der Waals surface area contributed by atoms with Crippen LogP contribution >= 0.6 is 0 Å². The third-order valence-electron chi connectivity index (χ3n) is 2.61. The van der Waals surface area contributed by atoms with Gasteiger partial charge in [0.05, 0.1) is 18.5 Å². The number of fused-ring (bicyclic) bond motifs is 3.